The molecule has 1 N–H and O–H groups in total. The van der Waals surface area contributed by atoms with Gasteiger partial charge in [0.05, 0.1) is 6.54 Å². The fourth-order valence-corrected chi connectivity index (χ4v) is 4.74. The summed E-state index contributed by atoms with van der Waals surface area (Å²) in [7, 11) is 0. The number of hydroxylamine groups is 2. The maximum Gasteiger partial charge on any atom is 0.428 e. The molecule has 0 aromatic heterocycles. The molecule has 2 heterocycles. The summed E-state index contributed by atoms with van der Waals surface area (Å²) >= 11 is 3.50. The molecule has 3 aliphatic rings. The summed E-state index contributed by atoms with van der Waals surface area (Å²) in [6.07, 6.45) is 5.71. The molecule has 0 bridgehead atoms. The quantitative estimate of drug-likeness (QED) is 0.795. The summed E-state index contributed by atoms with van der Waals surface area (Å²) < 4.78 is 0.827. The first kappa shape index (κ1) is 17.8. The van der Waals surface area contributed by atoms with Crippen molar-refractivity contribution in [2.75, 3.05) is 26.2 Å². The summed E-state index contributed by atoms with van der Waals surface area (Å²) in [5.41, 5.74) is 1.28. The number of benzene rings is 1. The predicted molar refractivity (Wildman–Crippen MR) is 100 cm³/mol. The van der Waals surface area contributed by atoms with Gasteiger partial charge in [-0.05, 0) is 42.7 Å². The van der Waals surface area contributed by atoms with E-state index in [4.69, 9.17) is 4.84 Å². The number of rotatable bonds is 2. The molecule has 0 radical (unpaired) electrons. The fraction of sp³-hybridized carbons (Fsp3) is 0.579. The zero-order chi connectivity index (χ0) is 18.1. The van der Waals surface area contributed by atoms with Gasteiger partial charge in [0.2, 0.25) is 5.91 Å². The molecular formula is C19H24BrN3O3. The minimum Gasteiger partial charge on any atom is -0.353 e. The van der Waals surface area contributed by atoms with Crippen LogP contribution in [0.2, 0.25) is 0 Å². The molecule has 7 heteroatoms. The number of hydrogen-bond acceptors (Lipinski definition) is 4. The van der Waals surface area contributed by atoms with Crippen molar-refractivity contribution in [1.82, 2.24) is 15.3 Å². The van der Waals surface area contributed by atoms with Crippen LogP contribution in [0.15, 0.2) is 28.7 Å². The molecule has 26 heavy (non-hydrogen) atoms. The van der Waals surface area contributed by atoms with E-state index in [0.717, 1.165) is 36.0 Å². The van der Waals surface area contributed by atoms with Gasteiger partial charge in [-0.15, -0.1) is 5.06 Å². The van der Waals surface area contributed by atoms with E-state index in [0.29, 0.717) is 18.5 Å². The normalized spacial score (nSPS) is 25.5. The lowest BCUT2D eigenvalue weighted by Crippen LogP contribution is -2.53. The van der Waals surface area contributed by atoms with E-state index in [-0.39, 0.29) is 12.0 Å². The first-order chi connectivity index (χ1) is 12.6. The van der Waals surface area contributed by atoms with Gasteiger partial charge in [0, 0.05) is 24.1 Å². The highest BCUT2D eigenvalue weighted by atomic mass is 79.9. The van der Waals surface area contributed by atoms with Crippen LogP contribution in [0.25, 0.3) is 0 Å². The highest BCUT2D eigenvalue weighted by Crippen LogP contribution is 2.48. The Morgan fingerprint density at radius 3 is 2.54 bits per heavy atom. The zero-order valence-electron chi connectivity index (χ0n) is 14.7. The Bertz CT molecular complexity index is 697. The van der Waals surface area contributed by atoms with Crippen LogP contribution in [0, 0.1) is 5.41 Å². The Labute approximate surface area is 161 Å². The molecule has 4 rings (SSSR count). The van der Waals surface area contributed by atoms with E-state index >= 15 is 0 Å². The third-order valence-corrected chi connectivity index (χ3v) is 6.78. The van der Waals surface area contributed by atoms with Gasteiger partial charge >= 0.3 is 6.09 Å². The number of likely N-dealkylation sites (tertiary alicyclic amines) is 1. The first-order valence-corrected chi connectivity index (χ1v) is 10.1. The van der Waals surface area contributed by atoms with Crippen molar-refractivity contribution >= 4 is 27.9 Å². The second-order valence-electron chi connectivity index (χ2n) is 7.55. The number of hydrogen-bond donors (Lipinski definition) is 1. The molecule has 1 aromatic rings. The molecule has 2 saturated heterocycles. The first-order valence-electron chi connectivity index (χ1n) is 9.34. The molecule has 1 aromatic carbocycles. The molecule has 1 atom stereocenters. The number of nitrogens with one attached hydrogen (secondary N) is 1. The van der Waals surface area contributed by atoms with Gasteiger partial charge < -0.3 is 15.1 Å². The Morgan fingerprint density at radius 2 is 1.88 bits per heavy atom. The Balaban J connectivity index is 1.44. The van der Waals surface area contributed by atoms with Crippen LogP contribution in [0.1, 0.15) is 43.7 Å². The molecule has 1 spiro atoms. The molecular weight excluding hydrogens is 398 g/mol. The number of carbonyl (C=O) groups excluding carboxylic acids is 2. The van der Waals surface area contributed by atoms with E-state index in [2.05, 4.69) is 21.2 Å². The van der Waals surface area contributed by atoms with Crippen LogP contribution in [-0.4, -0.2) is 48.1 Å². The van der Waals surface area contributed by atoms with Crippen LogP contribution >= 0.6 is 15.9 Å². The smallest absolute Gasteiger partial charge is 0.353 e. The van der Waals surface area contributed by atoms with Crippen LogP contribution in [0.4, 0.5) is 4.79 Å². The molecule has 6 nitrogen and oxygen atoms in total. The molecule has 2 aliphatic heterocycles. The van der Waals surface area contributed by atoms with Crippen molar-refractivity contribution in [3.63, 3.8) is 0 Å². The minimum atomic E-state index is -0.633. The van der Waals surface area contributed by atoms with Gasteiger partial charge in [-0.1, -0.05) is 40.5 Å². The van der Waals surface area contributed by atoms with Gasteiger partial charge in [-0.3, -0.25) is 4.79 Å². The zero-order valence-corrected chi connectivity index (χ0v) is 16.3. The van der Waals surface area contributed by atoms with Crippen molar-refractivity contribution in [3.05, 3.63) is 34.3 Å². The van der Waals surface area contributed by atoms with Crippen LogP contribution in [-0.2, 0) is 9.63 Å². The highest BCUT2D eigenvalue weighted by Gasteiger charge is 2.42. The number of amides is 2. The van der Waals surface area contributed by atoms with Gasteiger partial charge in [-0.2, -0.15) is 0 Å². The average molecular weight is 422 g/mol. The second-order valence-corrected chi connectivity index (χ2v) is 8.41. The van der Waals surface area contributed by atoms with Gasteiger partial charge in [0.25, 0.3) is 0 Å². The number of nitrogens with zero attached hydrogens (tertiary/aromatic N) is 2. The van der Waals surface area contributed by atoms with Gasteiger partial charge in [0.1, 0.15) is 0 Å². The molecule has 1 aliphatic carbocycles. The second kappa shape index (κ2) is 7.19. The average Bonchev–Trinajstić information content (AvgIpc) is 2.62. The largest absolute Gasteiger partial charge is 0.428 e. The molecule has 3 fully saturated rings. The van der Waals surface area contributed by atoms with E-state index < -0.39 is 6.04 Å². The molecule has 1 unspecified atom stereocenters. The van der Waals surface area contributed by atoms with Crippen molar-refractivity contribution < 1.29 is 14.4 Å². The van der Waals surface area contributed by atoms with Crippen LogP contribution in [0.3, 0.4) is 0 Å². The van der Waals surface area contributed by atoms with Crippen LogP contribution < -0.4 is 5.32 Å². The highest BCUT2D eigenvalue weighted by molar-refractivity contribution is 9.10. The van der Waals surface area contributed by atoms with Crippen molar-refractivity contribution in [2.45, 2.75) is 38.1 Å². The molecule has 1 saturated carbocycles. The summed E-state index contributed by atoms with van der Waals surface area (Å²) in [5.74, 6) is -0.150. The summed E-state index contributed by atoms with van der Waals surface area (Å²) in [4.78, 5) is 32.6. The standard InChI is InChI=1S/C19H24BrN3O3/c20-15-5-2-1-4-14(15)16-17(24)21-10-13-23(16)26-18(25)22-11-8-19(9-12-22)6-3-7-19/h1-2,4-5,16H,3,6-13H2,(H,21,24). The van der Waals surface area contributed by atoms with E-state index in [1.54, 1.807) is 4.90 Å². The predicted octanol–water partition coefficient (Wildman–Crippen LogP) is 3.24. The topological polar surface area (TPSA) is 61.9 Å². The Morgan fingerprint density at radius 1 is 1.15 bits per heavy atom. The maximum absolute atomic E-state index is 12.7. The third-order valence-electron chi connectivity index (χ3n) is 6.06. The van der Waals surface area contributed by atoms with E-state index in [9.17, 15) is 9.59 Å². The maximum atomic E-state index is 12.7. The molecule has 140 valence electrons. The third kappa shape index (κ3) is 3.34. The van der Waals surface area contributed by atoms with Gasteiger partial charge in [-0.25, -0.2) is 4.79 Å². The SMILES string of the molecule is O=C1NCCN(OC(=O)N2CCC3(CCC3)CC2)C1c1ccccc1Br. The van der Waals surface area contributed by atoms with E-state index in [1.165, 1.54) is 24.3 Å². The Hall–Kier alpha value is -1.60. The fourth-order valence-electron chi connectivity index (χ4n) is 4.24. The lowest BCUT2D eigenvalue weighted by molar-refractivity contribution is -0.171. The number of piperazine rings is 1. The summed E-state index contributed by atoms with van der Waals surface area (Å²) in [6.45, 7) is 2.44. The number of halogens is 1. The van der Waals surface area contributed by atoms with Gasteiger partial charge in [0.15, 0.2) is 6.04 Å². The monoisotopic (exact) mass is 421 g/mol. The van der Waals surface area contributed by atoms with Crippen molar-refractivity contribution in [2.24, 2.45) is 5.41 Å². The number of piperidine rings is 1. The number of carbonyl (C=O) groups is 2. The van der Waals surface area contributed by atoms with Crippen molar-refractivity contribution in [1.29, 1.82) is 0 Å². The summed E-state index contributed by atoms with van der Waals surface area (Å²) in [5, 5.41) is 4.38. The van der Waals surface area contributed by atoms with E-state index in [1.807, 2.05) is 24.3 Å². The Kier molecular flexibility index (Phi) is 4.92. The lowest BCUT2D eigenvalue weighted by atomic mass is 9.63. The van der Waals surface area contributed by atoms with Crippen LogP contribution in [0.5, 0.6) is 0 Å². The lowest BCUT2D eigenvalue weighted by Gasteiger charge is -2.47. The van der Waals surface area contributed by atoms with Crippen molar-refractivity contribution in [3.8, 4) is 0 Å². The molecule has 2 amide bonds. The minimum absolute atomic E-state index is 0.150. The summed E-state index contributed by atoms with van der Waals surface area (Å²) in [6, 6.07) is 6.91.